The SMILES string of the molecule is O=Cc1cc(OC(F)(F)F)[nH]c(=O)c1CBr. The number of aromatic amines is 1. The Bertz CT molecular complexity index is 455. The van der Waals surface area contributed by atoms with Crippen LogP contribution in [0.4, 0.5) is 13.2 Å². The van der Waals surface area contributed by atoms with E-state index in [0.29, 0.717) is 0 Å². The number of pyridine rings is 1. The predicted octanol–water partition coefficient (Wildman–Crippen LogP) is 1.98. The number of halogens is 4. The minimum absolute atomic E-state index is 0.0459. The van der Waals surface area contributed by atoms with Crippen molar-refractivity contribution < 1.29 is 22.7 Å². The molecule has 0 fully saturated rings. The molecule has 0 aliphatic rings. The van der Waals surface area contributed by atoms with Crippen LogP contribution in [-0.2, 0) is 5.33 Å². The topological polar surface area (TPSA) is 59.2 Å². The third-order valence-corrected chi connectivity index (χ3v) is 2.19. The second-order valence-corrected chi connectivity index (χ2v) is 3.26. The van der Waals surface area contributed by atoms with Gasteiger partial charge >= 0.3 is 6.36 Å². The van der Waals surface area contributed by atoms with Crippen LogP contribution in [0.1, 0.15) is 15.9 Å². The Hall–Kier alpha value is -1.31. The molecule has 0 aliphatic heterocycles. The Morgan fingerprint density at radius 1 is 1.50 bits per heavy atom. The number of ether oxygens (including phenoxy) is 1. The fourth-order valence-electron chi connectivity index (χ4n) is 1.01. The summed E-state index contributed by atoms with van der Waals surface area (Å²) in [6, 6.07) is 0.818. The number of aldehydes is 1. The van der Waals surface area contributed by atoms with Gasteiger partial charge in [-0.1, -0.05) is 15.9 Å². The van der Waals surface area contributed by atoms with Gasteiger partial charge in [-0.05, 0) is 0 Å². The fourth-order valence-corrected chi connectivity index (χ4v) is 1.58. The number of H-pyrrole nitrogens is 1. The third-order valence-electron chi connectivity index (χ3n) is 1.63. The average Bonchev–Trinajstić information content (AvgIpc) is 2.14. The first-order valence-corrected chi connectivity index (χ1v) is 5.02. The lowest BCUT2D eigenvalue weighted by Crippen LogP contribution is -2.22. The summed E-state index contributed by atoms with van der Waals surface area (Å²) in [5, 5.41) is 0.0582. The molecule has 1 aromatic rings. The molecule has 0 atom stereocenters. The summed E-state index contributed by atoms with van der Waals surface area (Å²) < 4.78 is 39.0. The normalized spacial score (nSPS) is 11.2. The molecule has 1 N–H and O–H groups in total. The average molecular weight is 300 g/mol. The summed E-state index contributed by atoms with van der Waals surface area (Å²) in [6.07, 6.45) is -4.63. The van der Waals surface area contributed by atoms with E-state index in [2.05, 4.69) is 20.7 Å². The van der Waals surface area contributed by atoms with Crippen molar-refractivity contribution in [2.45, 2.75) is 11.7 Å². The van der Waals surface area contributed by atoms with Gasteiger partial charge in [-0.15, -0.1) is 13.2 Å². The van der Waals surface area contributed by atoms with Crippen molar-refractivity contribution in [2.24, 2.45) is 0 Å². The fraction of sp³-hybridized carbons (Fsp3) is 0.250. The molecule has 1 aromatic heterocycles. The van der Waals surface area contributed by atoms with Gasteiger partial charge in [0.05, 0.1) is 0 Å². The van der Waals surface area contributed by atoms with Crippen molar-refractivity contribution in [3.8, 4) is 5.88 Å². The molecule has 0 radical (unpaired) electrons. The highest BCUT2D eigenvalue weighted by atomic mass is 79.9. The Morgan fingerprint density at radius 2 is 2.12 bits per heavy atom. The molecule has 88 valence electrons. The minimum atomic E-state index is -4.92. The maximum atomic E-state index is 11.8. The molecule has 0 bridgehead atoms. The Kier molecular flexibility index (Phi) is 3.74. The lowest BCUT2D eigenvalue weighted by atomic mass is 10.2. The second-order valence-electron chi connectivity index (χ2n) is 2.70. The molecular formula is C8H5BrF3NO3. The highest BCUT2D eigenvalue weighted by molar-refractivity contribution is 9.08. The van der Waals surface area contributed by atoms with Crippen molar-refractivity contribution in [3.05, 3.63) is 27.5 Å². The summed E-state index contributed by atoms with van der Waals surface area (Å²) in [5.41, 5.74) is -0.912. The molecule has 1 heterocycles. The number of nitrogens with one attached hydrogen (secondary N) is 1. The quantitative estimate of drug-likeness (QED) is 0.686. The van der Waals surface area contributed by atoms with E-state index in [-0.39, 0.29) is 22.7 Å². The second kappa shape index (κ2) is 4.69. The molecule has 0 saturated carbocycles. The highest BCUT2D eigenvalue weighted by Gasteiger charge is 2.32. The lowest BCUT2D eigenvalue weighted by Gasteiger charge is -2.09. The monoisotopic (exact) mass is 299 g/mol. The summed E-state index contributed by atoms with van der Waals surface area (Å²) in [7, 11) is 0. The van der Waals surface area contributed by atoms with Gasteiger partial charge in [0.2, 0.25) is 5.88 Å². The van der Waals surface area contributed by atoms with Crippen molar-refractivity contribution in [1.82, 2.24) is 4.98 Å². The van der Waals surface area contributed by atoms with Crippen LogP contribution in [0.25, 0.3) is 0 Å². The summed E-state index contributed by atoms with van der Waals surface area (Å²) >= 11 is 2.94. The van der Waals surface area contributed by atoms with Gasteiger partial charge in [-0.2, -0.15) is 0 Å². The lowest BCUT2D eigenvalue weighted by molar-refractivity contribution is -0.276. The van der Waals surface area contributed by atoms with E-state index in [1.165, 1.54) is 0 Å². The van der Waals surface area contributed by atoms with Gasteiger partial charge in [0, 0.05) is 22.5 Å². The van der Waals surface area contributed by atoms with E-state index in [9.17, 15) is 22.8 Å². The van der Waals surface area contributed by atoms with Gasteiger partial charge in [0.15, 0.2) is 6.29 Å². The molecule has 0 aliphatic carbocycles. The van der Waals surface area contributed by atoms with Crippen LogP contribution in [0.5, 0.6) is 5.88 Å². The molecule has 4 nitrogen and oxygen atoms in total. The molecule has 0 spiro atoms. The zero-order chi connectivity index (χ0) is 12.3. The standard InChI is InChI=1S/C8H5BrF3NO3/c9-2-5-4(3-14)1-6(13-7(5)15)16-8(10,11)12/h1,3H,2H2,(H,13,15). The molecular weight excluding hydrogens is 295 g/mol. The largest absolute Gasteiger partial charge is 0.574 e. The molecule has 16 heavy (non-hydrogen) atoms. The smallest absolute Gasteiger partial charge is 0.390 e. The summed E-state index contributed by atoms with van der Waals surface area (Å²) in [6.45, 7) is 0. The zero-order valence-corrected chi connectivity index (χ0v) is 9.18. The van der Waals surface area contributed by atoms with Crippen LogP contribution < -0.4 is 10.3 Å². The van der Waals surface area contributed by atoms with Crippen molar-refractivity contribution in [1.29, 1.82) is 0 Å². The van der Waals surface area contributed by atoms with E-state index in [4.69, 9.17) is 0 Å². The minimum Gasteiger partial charge on any atom is -0.390 e. The zero-order valence-electron chi connectivity index (χ0n) is 7.60. The van der Waals surface area contributed by atoms with Crippen molar-refractivity contribution in [2.75, 3.05) is 0 Å². The molecule has 1 rings (SSSR count). The molecule has 0 aromatic carbocycles. The van der Waals surface area contributed by atoms with Crippen LogP contribution in [0.3, 0.4) is 0 Å². The first-order chi connectivity index (χ1) is 7.37. The first kappa shape index (κ1) is 12.8. The predicted molar refractivity (Wildman–Crippen MR) is 51.8 cm³/mol. The van der Waals surface area contributed by atoms with Gasteiger partial charge in [-0.25, -0.2) is 0 Å². The number of rotatable bonds is 3. The van der Waals surface area contributed by atoms with E-state index in [1.807, 2.05) is 4.98 Å². The van der Waals surface area contributed by atoms with Gasteiger partial charge in [0.1, 0.15) is 0 Å². The summed E-state index contributed by atoms with van der Waals surface area (Å²) in [5.74, 6) is -0.815. The number of carbonyl (C=O) groups excluding carboxylic acids is 1. The van der Waals surface area contributed by atoms with Crippen molar-refractivity contribution in [3.63, 3.8) is 0 Å². The maximum absolute atomic E-state index is 11.8. The van der Waals surface area contributed by atoms with Crippen LogP contribution >= 0.6 is 15.9 Å². The highest BCUT2D eigenvalue weighted by Crippen LogP contribution is 2.21. The maximum Gasteiger partial charge on any atom is 0.574 e. The van der Waals surface area contributed by atoms with Crippen LogP contribution in [0, 0.1) is 0 Å². The molecule has 0 amide bonds. The van der Waals surface area contributed by atoms with Gasteiger partial charge < -0.3 is 4.74 Å². The molecule has 0 saturated heterocycles. The van der Waals surface area contributed by atoms with E-state index < -0.39 is 17.8 Å². The van der Waals surface area contributed by atoms with Crippen LogP contribution in [0.15, 0.2) is 10.9 Å². The van der Waals surface area contributed by atoms with E-state index in [1.54, 1.807) is 0 Å². The van der Waals surface area contributed by atoms with E-state index in [0.717, 1.165) is 6.07 Å². The first-order valence-electron chi connectivity index (χ1n) is 3.90. The third kappa shape index (κ3) is 3.09. The number of aromatic nitrogens is 1. The number of carbonyl (C=O) groups is 1. The number of hydrogen-bond donors (Lipinski definition) is 1. The Morgan fingerprint density at radius 3 is 2.56 bits per heavy atom. The van der Waals surface area contributed by atoms with Crippen LogP contribution in [-0.4, -0.2) is 17.6 Å². The Balaban J connectivity index is 3.21. The van der Waals surface area contributed by atoms with Gasteiger partial charge in [0.25, 0.3) is 5.56 Å². The van der Waals surface area contributed by atoms with Gasteiger partial charge in [-0.3, -0.25) is 14.6 Å². The molecule has 8 heteroatoms. The van der Waals surface area contributed by atoms with Crippen molar-refractivity contribution >= 4 is 22.2 Å². The summed E-state index contributed by atoms with van der Waals surface area (Å²) in [4.78, 5) is 23.7. The number of hydrogen-bond acceptors (Lipinski definition) is 3. The molecule has 0 unspecified atom stereocenters. The van der Waals surface area contributed by atoms with E-state index >= 15 is 0 Å². The number of alkyl halides is 4. The Labute approximate surface area is 95.5 Å². The van der Waals surface area contributed by atoms with Crippen LogP contribution in [0.2, 0.25) is 0 Å².